The van der Waals surface area contributed by atoms with Crippen LogP contribution in [0.4, 0.5) is 0 Å². The molecule has 0 fully saturated rings. The maximum Gasteiger partial charge on any atom is 0.185 e. The molecule has 0 radical (unpaired) electrons. The molecule has 0 saturated carbocycles. The minimum Gasteiger partial charge on any atom is -0.359 e. The van der Waals surface area contributed by atoms with Crippen molar-refractivity contribution in [2.75, 3.05) is 6.54 Å². The molecule has 1 unspecified atom stereocenters. The fourth-order valence-electron chi connectivity index (χ4n) is 2.42. The molecule has 140 valence electrons. The van der Waals surface area contributed by atoms with E-state index in [0.29, 0.717) is 22.8 Å². The van der Waals surface area contributed by atoms with Gasteiger partial charge in [0.05, 0.1) is 0 Å². The van der Waals surface area contributed by atoms with Crippen molar-refractivity contribution < 1.29 is 0 Å². The van der Waals surface area contributed by atoms with Gasteiger partial charge in [-0.1, -0.05) is 70.8 Å². The van der Waals surface area contributed by atoms with Crippen LogP contribution in [0, 0.1) is 0 Å². The summed E-state index contributed by atoms with van der Waals surface area (Å²) in [6, 6.07) is 0.367. The van der Waals surface area contributed by atoms with Crippen molar-refractivity contribution in [1.82, 2.24) is 21.5 Å². The van der Waals surface area contributed by atoms with E-state index < -0.39 is 0 Å². The number of hydrazine groups is 1. The average Bonchev–Trinajstić information content (AvgIpc) is 2.56. The Morgan fingerprint density at radius 2 is 1.46 bits per heavy atom. The first-order valence-electron chi connectivity index (χ1n) is 9.31. The first kappa shape index (κ1) is 23.1. The summed E-state index contributed by atoms with van der Waals surface area (Å²) >= 11 is 10.3. The first-order chi connectivity index (χ1) is 11.6. The van der Waals surface area contributed by atoms with Crippen molar-refractivity contribution >= 4 is 34.7 Å². The van der Waals surface area contributed by atoms with Gasteiger partial charge in [0.1, 0.15) is 0 Å². The van der Waals surface area contributed by atoms with Gasteiger partial charge in [-0.15, -0.1) is 6.58 Å². The molecule has 0 rings (SSSR count). The standard InChI is InChI=1S/C18H36N4S2/c1-4-6-7-8-9-10-11-12-13-14-16(3)20-18(24)22-21-17(23)19-15-5-2/h5,16H,2,4,6-15H2,1,3H3,(H2,19,21,23)(H2,20,22,24). The summed E-state index contributed by atoms with van der Waals surface area (Å²) in [6.07, 6.45) is 15.1. The third-order valence-corrected chi connectivity index (χ3v) is 4.28. The monoisotopic (exact) mass is 372 g/mol. The number of unbranched alkanes of at least 4 members (excludes halogenated alkanes) is 8. The summed E-state index contributed by atoms with van der Waals surface area (Å²) < 4.78 is 0. The summed E-state index contributed by atoms with van der Waals surface area (Å²) in [7, 11) is 0. The van der Waals surface area contributed by atoms with Crippen LogP contribution in [-0.2, 0) is 0 Å². The Bertz CT molecular complexity index is 348. The normalized spacial score (nSPS) is 11.4. The Kier molecular flexibility index (Phi) is 16.3. The highest BCUT2D eigenvalue weighted by Crippen LogP contribution is 2.11. The van der Waals surface area contributed by atoms with Crippen molar-refractivity contribution in [3.05, 3.63) is 12.7 Å². The van der Waals surface area contributed by atoms with Crippen molar-refractivity contribution in [1.29, 1.82) is 0 Å². The molecule has 0 aromatic heterocycles. The van der Waals surface area contributed by atoms with Gasteiger partial charge in [-0.25, -0.2) is 0 Å². The van der Waals surface area contributed by atoms with Gasteiger partial charge >= 0.3 is 0 Å². The van der Waals surface area contributed by atoms with Gasteiger partial charge in [-0.3, -0.25) is 10.9 Å². The topological polar surface area (TPSA) is 48.1 Å². The number of hydrogen-bond acceptors (Lipinski definition) is 2. The SMILES string of the molecule is C=CCNC(=S)NNC(=S)NC(C)CCCCCCCCCCC. The van der Waals surface area contributed by atoms with Crippen LogP contribution in [0.2, 0.25) is 0 Å². The number of thiocarbonyl (C=S) groups is 2. The smallest absolute Gasteiger partial charge is 0.185 e. The minimum atomic E-state index is 0.367. The second kappa shape index (κ2) is 17.0. The predicted octanol–water partition coefficient (Wildman–Crippen LogP) is 4.33. The molecule has 24 heavy (non-hydrogen) atoms. The van der Waals surface area contributed by atoms with E-state index in [1.54, 1.807) is 6.08 Å². The molecule has 6 heteroatoms. The molecular formula is C18H36N4S2. The zero-order chi connectivity index (χ0) is 18.0. The van der Waals surface area contributed by atoms with Gasteiger partial charge in [-0.2, -0.15) is 0 Å². The van der Waals surface area contributed by atoms with E-state index in [-0.39, 0.29) is 0 Å². The largest absolute Gasteiger partial charge is 0.359 e. The molecule has 0 bridgehead atoms. The average molecular weight is 373 g/mol. The number of hydrogen-bond donors (Lipinski definition) is 4. The van der Waals surface area contributed by atoms with Gasteiger partial charge in [0.15, 0.2) is 10.2 Å². The van der Waals surface area contributed by atoms with Crippen LogP contribution >= 0.6 is 24.4 Å². The van der Waals surface area contributed by atoms with Gasteiger partial charge in [0.2, 0.25) is 0 Å². The molecule has 0 aliphatic carbocycles. The fourth-order valence-corrected chi connectivity index (χ4v) is 2.80. The molecule has 0 amide bonds. The Balaban J connectivity index is 3.47. The summed E-state index contributed by atoms with van der Waals surface area (Å²) in [5.74, 6) is 0. The van der Waals surface area contributed by atoms with E-state index in [9.17, 15) is 0 Å². The van der Waals surface area contributed by atoms with Crippen LogP contribution in [0.1, 0.15) is 78.1 Å². The van der Waals surface area contributed by atoms with E-state index in [2.05, 4.69) is 41.9 Å². The molecule has 4 N–H and O–H groups in total. The lowest BCUT2D eigenvalue weighted by Gasteiger charge is -2.18. The van der Waals surface area contributed by atoms with Crippen LogP contribution in [-0.4, -0.2) is 22.8 Å². The van der Waals surface area contributed by atoms with Gasteiger partial charge in [0, 0.05) is 12.6 Å². The lowest BCUT2D eigenvalue weighted by Crippen LogP contribution is -2.51. The summed E-state index contributed by atoms with van der Waals surface area (Å²) in [4.78, 5) is 0. The lowest BCUT2D eigenvalue weighted by molar-refractivity contribution is 0.518. The highest BCUT2D eigenvalue weighted by molar-refractivity contribution is 7.80. The second-order valence-corrected chi connectivity index (χ2v) is 7.06. The van der Waals surface area contributed by atoms with Crippen molar-refractivity contribution in [3.63, 3.8) is 0 Å². The Labute approximate surface area is 159 Å². The minimum absolute atomic E-state index is 0.367. The van der Waals surface area contributed by atoms with Gasteiger partial charge in [0.25, 0.3) is 0 Å². The molecular weight excluding hydrogens is 336 g/mol. The van der Waals surface area contributed by atoms with Crippen LogP contribution in [0.25, 0.3) is 0 Å². The molecule has 0 saturated heterocycles. The summed E-state index contributed by atoms with van der Waals surface area (Å²) in [5, 5.41) is 7.31. The van der Waals surface area contributed by atoms with Crippen LogP contribution in [0.3, 0.4) is 0 Å². The highest BCUT2D eigenvalue weighted by Gasteiger charge is 2.04. The molecule has 4 nitrogen and oxygen atoms in total. The molecule has 0 aromatic rings. The van der Waals surface area contributed by atoms with E-state index in [0.717, 1.165) is 6.42 Å². The quantitative estimate of drug-likeness (QED) is 0.167. The van der Waals surface area contributed by atoms with Gasteiger partial charge in [-0.05, 0) is 37.8 Å². The second-order valence-electron chi connectivity index (χ2n) is 6.24. The van der Waals surface area contributed by atoms with Crippen LogP contribution in [0.15, 0.2) is 12.7 Å². The van der Waals surface area contributed by atoms with Crippen LogP contribution in [0.5, 0.6) is 0 Å². The molecule has 0 heterocycles. The molecule has 0 aromatic carbocycles. The number of rotatable bonds is 13. The molecule has 0 spiro atoms. The fraction of sp³-hybridized carbons (Fsp3) is 0.778. The zero-order valence-electron chi connectivity index (χ0n) is 15.5. The lowest BCUT2D eigenvalue weighted by atomic mass is 10.0. The van der Waals surface area contributed by atoms with E-state index >= 15 is 0 Å². The molecule has 0 aliphatic rings. The van der Waals surface area contributed by atoms with Crippen LogP contribution < -0.4 is 21.5 Å². The van der Waals surface area contributed by atoms with Crippen molar-refractivity contribution in [2.24, 2.45) is 0 Å². The Morgan fingerprint density at radius 3 is 2.04 bits per heavy atom. The maximum absolute atomic E-state index is 5.24. The third-order valence-electron chi connectivity index (χ3n) is 3.81. The highest BCUT2D eigenvalue weighted by atomic mass is 32.1. The molecule has 0 aliphatic heterocycles. The Morgan fingerprint density at radius 1 is 0.917 bits per heavy atom. The maximum atomic E-state index is 5.24. The van der Waals surface area contributed by atoms with E-state index in [1.165, 1.54) is 57.8 Å². The third kappa shape index (κ3) is 16.0. The summed E-state index contributed by atoms with van der Waals surface area (Å²) in [6.45, 7) is 8.67. The van der Waals surface area contributed by atoms with E-state index in [1.807, 2.05) is 0 Å². The molecule has 1 atom stereocenters. The Hall–Kier alpha value is -0.880. The zero-order valence-corrected chi connectivity index (χ0v) is 17.1. The van der Waals surface area contributed by atoms with Crippen molar-refractivity contribution in [2.45, 2.75) is 84.1 Å². The number of nitrogens with one attached hydrogen (secondary N) is 4. The van der Waals surface area contributed by atoms with Gasteiger partial charge < -0.3 is 10.6 Å². The first-order valence-corrected chi connectivity index (χ1v) is 10.1. The van der Waals surface area contributed by atoms with Crippen molar-refractivity contribution in [3.8, 4) is 0 Å². The predicted molar refractivity (Wildman–Crippen MR) is 114 cm³/mol. The van der Waals surface area contributed by atoms with E-state index in [4.69, 9.17) is 24.4 Å². The summed E-state index contributed by atoms with van der Waals surface area (Å²) in [5.41, 5.74) is 5.74.